The monoisotopic (exact) mass is 187 g/mol. The molecule has 0 aliphatic heterocycles. The van der Waals surface area contributed by atoms with E-state index in [0.717, 1.165) is 0 Å². The van der Waals surface area contributed by atoms with Crippen LogP contribution in [0.2, 0.25) is 0 Å². The fourth-order valence-corrected chi connectivity index (χ4v) is 0.998. The second kappa shape index (κ2) is 5.86. The molecule has 0 bridgehead atoms. The van der Waals surface area contributed by atoms with Crippen molar-refractivity contribution in [3.8, 4) is 0 Å². The highest BCUT2D eigenvalue weighted by Crippen LogP contribution is 1.99. The van der Waals surface area contributed by atoms with Crippen LogP contribution in [0.4, 0.5) is 0 Å². The van der Waals surface area contributed by atoms with E-state index in [9.17, 15) is 4.79 Å². The van der Waals surface area contributed by atoms with E-state index < -0.39 is 0 Å². The second-order valence-electron chi connectivity index (χ2n) is 2.80. The molecule has 2 nitrogen and oxygen atoms in total. The van der Waals surface area contributed by atoms with Gasteiger partial charge in [0.15, 0.2) is 5.78 Å². The number of carbonyl (C=O) groups excluding carboxylic acids is 1. The van der Waals surface area contributed by atoms with Crippen molar-refractivity contribution in [3.05, 3.63) is 48.0 Å². The Balaban J connectivity index is 2.52. The number of ketones is 1. The molecule has 1 aromatic rings. The molecule has 0 aliphatic carbocycles. The molecule has 0 atom stereocenters. The van der Waals surface area contributed by atoms with Crippen LogP contribution in [-0.4, -0.2) is 18.5 Å². The van der Waals surface area contributed by atoms with E-state index in [0.29, 0.717) is 5.56 Å². The first-order valence-corrected chi connectivity index (χ1v) is 4.54. The van der Waals surface area contributed by atoms with Crippen molar-refractivity contribution in [1.29, 1.82) is 0 Å². The molecule has 0 radical (unpaired) electrons. The molecule has 0 aromatic heterocycles. The lowest BCUT2D eigenvalue weighted by Crippen LogP contribution is -2.02. The Morgan fingerprint density at radius 3 is 2.71 bits per heavy atom. The first-order chi connectivity index (χ1) is 6.84. The van der Waals surface area contributed by atoms with E-state index in [-0.39, 0.29) is 12.3 Å². The maximum Gasteiger partial charge on any atom is 0.184 e. The Morgan fingerprint density at radius 1 is 1.36 bits per heavy atom. The molecule has 1 aromatic carbocycles. The quantitative estimate of drug-likeness (QED) is 0.526. The zero-order valence-corrected chi connectivity index (χ0v) is 8.18. The summed E-state index contributed by atoms with van der Waals surface area (Å²) in [4.78, 5) is 15.4. The van der Waals surface area contributed by atoms with E-state index in [1.54, 1.807) is 24.4 Å². The molecule has 0 fully saturated rings. The van der Waals surface area contributed by atoms with Gasteiger partial charge in [0.05, 0.1) is 0 Å². The van der Waals surface area contributed by atoms with E-state index in [2.05, 4.69) is 4.99 Å². The van der Waals surface area contributed by atoms with Gasteiger partial charge in [-0.05, 0) is 13.0 Å². The fraction of sp³-hybridized carbons (Fsp3) is 0.167. The average molecular weight is 187 g/mol. The van der Waals surface area contributed by atoms with Gasteiger partial charge < -0.3 is 0 Å². The Kier molecular flexibility index (Phi) is 4.35. The van der Waals surface area contributed by atoms with Crippen molar-refractivity contribution in [2.75, 3.05) is 6.54 Å². The number of carbonyl (C=O) groups is 1. The number of Topliss-reactive ketones (excluding diaryl/α,β-unsaturated/α-hetero) is 1. The van der Waals surface area contributed by atoms with Crippen LogP contribution >= 0.6 is 0 Å². The minimum Gasteiger partial charge on any atom is -0.292 e. The highest BCUT2D eigenvalue weighted by Gasteiger charge is 2.01. The summed E-state index contributed by atoms with van der Waals surface area (Å²) in [5.41, 5.74) is 0.713. The normalized spacial score (nSPS) is 11.2. The smallest absolute Gasteiger partial charge is 0.184 e. The lowest BCUT2D eigenvalue weighted by molar-refractivity contribution is 0.100. The Morgan fingerprint density at radius 2 is 2.07 bits per heavy atom. The summed E-state index contributed by atoms with van der Waals surface area (Å²) in [6.45, 7) is 2.12. The summed E-state index contributed by atoms with van der Waals surface area (Å²) in [5, 5.41) is 0. The van der Waals surface area contributed by atoms with Crippen molar-refractivity contribution in [2.24, 2.45) is 4.99 Å². The van der Waals surface area contributed by atoms with Gasteiger partial charge in [-0.15, -0.1) is 0 Å². The van der Waals surface area contributed by atoms with Crippen molar-refractivity contribution >= 4 is 12.0 Å². The molecule has 72 valence electrons. The molecule has 0 heterocycles. The third-order valence-electron chi connectivity index (χ3n) is 1.71. The van der Waals surface area contributed by atoms with Crippen LogP contribution in [0.1, 0.15) is 17.3 Å². The van der Waals surface area contributed by atoms with Crippen molar-refractivity contribution in [2.45, 2.75) is 6.92 Å². The molecular weight excluding hydrogens is 174 g/mol. The molecule has 14 heavy (non-hydrogen) atoms. The van der Waals surface area contributed by atoms with Gasteiger partial charge in [0.25, 0.3) is 0 Å². The van der Waals surface area contributed by atoms with E-state index in [1.807, 2.05) is 31.2 Å². The van der Waals surface area contributed by atoms with Crippen LogP contribution in [0.25, 0.3) is 0 Å². The Hall–Kier alpha value is -1.70. The third kappa shape index (κ3) is 3.35. The minimum atomic E-state index is 0.0475. The van der Waals surface area contributed by atoms with E-state index in [4.69, 9.17) is 0 Å². The molecule has 0 N–H and O–H groups in total. The first-order valence-electron chi connectivity index (χ1n) is 4.54. The molecule has 0 saturated heterocycles. The van der Waals surface area contributed by atoms with Crippen LogP contribution in [0, 0.1) is 0 Å². The first kappa shape index (κ1) is 10.4. The Labute approximate surface area is 84.0 Å². The van der Waals surface area contributed by atoms with Crippen molar-refractivity contribution < 1.29 is 4.79 Å². The summed E-state index contributed by atoms with van der Waals surface area (Å²) in [6, 6.07) is 9.19. The molecule has 0 aliphatic rings. The van der Waals surface area contributed by atoms with Crippen molar-refractivity contribution in [1.82, 2.24) is 0 Å². The van der Waals surface area contributed by atoms with E-state index in [1.165, 1.54) is 0 Å². The summed E-state index contributed by atoms with van der Waals surface area (Å²) in [5.74, 6) is 0.0475. The van der Waals surface area contributed by atoms with E-state index >= 15 is 0 Å². The highest BCUT2D eigenvalue weighted by molar-refractivity contribution is 5.98. The average Bonchev–Trinajstić information content (AvgIpc) is 2.25. The fourth-order valence-electron chi connectivity index (χ4n) is 0.998. The predicted molar refractivity (Wildman–Crippen MR) is 58.9 cm³/mol. The highest BCUT2D eigenvalue weighted by atomic mass is 16.1. The van der Waals surface area contributed by atoms with Gasteiger partial charge in [0, 0.05) is 11.8 Å². The van der Waals surface area contributed by atoms with Crippen LogP contribution in [0.15, 0.2) is 47.5 Å². The summed E-state index contributed by atoms with van der Waals surface area (Å²) in [6.07, 6.45) is 5.32. The van der Waals surface area contributed by atoms with Crippen LogP contribution in [-0.2, 0) is 0 Å². The summed E-state index contributed by atoms with van der Waals surface area (Å²) >= 11 is 0. The SMILES string of the molecule is C/C=C\C=NCC(=O)c1ccccc1. The van der Waals surface area contributed by atoms with Gasteiger partial charge >= 0.3 is 0 Å². The third-order valence-corrected chi connectivity index (χ3v) is 1.71. The van der Waals surface area contributed by atoms with Crippen LogP contribution in [0.5, 0.6) is 0 Å². The molecule has 1 rings (SSSR count). The zero-order chi connectivity index (χ0) is 10.2. The minimum absolute atomic E-state index is 0.0475. The maximum atomic E-state index is 11.5. The second-order valence-corrected chi connectivity index (χ2v) is 2.80. The molecule has 0 unspecified atom stereocenters. The lowest BCUT2D eigenvalue weighted by Gasteiger charge is -1.95. The van der Waals surface area contributed by atoms with Gasteiger partial charge in [-0.3, -0.25) is 9.79 Å². The Bertz CT molecular complexity index is 339. The number of hydrogen-bond acceptors (Lipinski definition) is 2. The summed E-state index contributed by atoms with van der Waals surface area (Å²) < 4.78 is 0. The van der Waals surface area contributed by atoms with Crippen molar-refractivity contribution in [3.63, 3.8) is 0 Å². The van der Waals surface area contributed by atoms with Crippen LogP contribution < -0.4 is 0 Å². The number of rotatable bonds is 4. The predicted octanol–water partition coefficient (Wildman–Crippen LogP) is 2.52. The maximum absolute atomic E-state index is 11.5. The zero-order valence-electron chi connectivity index (χ0n) is 8.18. The molecular formula is C12H13NO. The molecule has 0 amide bonds. The van der Waals surface area contributed by atoms with Gasteiger partial charge in [-0.25, -0.2) is 0 Å². The summed E-state index contributed by atoms with van der Waals surface area (Å²) in [7, 11) is 0. The molecule has 2 heteroatoms. The topological polar surface area (TPSA) is 29.4 Å². The van der Waals surface area contributed by atoms with Gasteiger partial charge in [-0.1, -0.05) is 36.4 Å². The molecule has 0 spiro atoms. The molecule has 0 saturated carbocycles. The number of allylic oxidation sites excluding steroid dienone is 2. The van der Waals surface area contributed by atoms with Gasteiger partial charge in [-0.2, -0.15) is 0 Å². The van der Waals surface area contributed by atoms with Gasteiger partial charge in [0.1, 0.15) is 6.54 Å². The number of benzene rings is 1. The van der Waals surface area contributed by atoms with Gasteiger partial charge in [0.2, 0.25) is 0 Å². The number of nitrogens with zero attached hydrogens (tertiary/aromatic N) is 1. The number of aliphatic imine (C=N–C) groups is 1. The number of hydrogen-bond donors (Lipinski definition) is 0. The standard InChI is InChI=1S/C12H13NO/c1-2-3-9-13-10-12(14)11-7-5-4-6-8-11/h2-9H,10H2,1H3/b3-2-,13-9?. The largest absolute Gasteiger partial charge is 0.292 e. The lowest BCUT2D eigenvalue weighted by atomic mass is 10.1. The van der Waals surface area contributed by atoms with Crippen LogP contribution in [0.3, 0.4) is 0 Å².